The minimum absolute atomic E-state index is 0.738. The Labute approximate surface area is 68.8 Å². The molecule has 0 atom stereocenters. The number of hydrogen-bond acceptors (Lipinski definition) is 1. The minimum atomic E-state index is 0.738. The summed E-state index contributed by atoms with van der Waals surface area (Å²) in [7, 11) is 0.872. The zero-order chi connectivity index (χ0) is 7.40. The monoisotopic (exact) mass is 196 g/mol. The summed E-state index contributed by atoms with van der Waals surface area (Å²) in [6, 6.07) is 7.52. The van der Waals surface area contributed by atoms with Crippen molar-refractivity contribution in [2.45, 2.75) is 5.33 Å². The number of benzene rings is 1. The van der Waals surface area contributed by atoms with Crippen molar-refractivity contribution in [1.29, 1.82) is 0 Å². The first-order chi connectivity index (χ1) is 4.88. The Bertz CT molecular complexity index is 237. The molecule has 0 saturated carbocycles. The second-order valence-electron chi connectivity index (χ2n) is 1.95. The maximum atomic E-state index is 10.4. The predicted octanol–water partition coefficient (Wildman–Crippen LogP) is 1.26. The van der Waals surface area contributed by atoms with E-state index < -0.39 is 0 Å². The van der Waals surface area contributed by atoms with Crippen molar-refractivity contribution in [3.63, 3.8) is 0 Å². The Hall–Kier alpha value is -0.435. The van der Waals surface area contributed by atoms with Crippen molar-refractivity contribution in [2.24, 2.45) is 0 Å². The first kappa shape index (κ1) is 7.67. The molecule has 0 aliphatic carbocycles. The summed E-state index contributed by atoms with van der Waals surface area (Å²) in [5.74, 6) is 0. The molecule has 10 heavy (non-hydrogen) atoms. The van der Waals surface area contributed by atoms with Crippen LogP contribution in [0.1, 0.15) is 5.56 Å². The fourth-order valence-corrected chi connectivity index (χ4v) is 1.28. The Kier molecular flexibility index (Phi) is 2.81. The van der Waals surface area contributed by atoms with Crippen molar-refractivity contribution in [3.05, 3.63) is 29.8 Å². The molecule has 1 aromatic rings. The third-order valence-electron chi connectivity index (χ3n) is 1.33. The van der Waals surface area contributed by atoms with Crippen LogP contribution in [-0.4, -0.2) is 7.15 Å². The zero-order valence-corrected chi connectivity index (χ0v) is 6.97. The summed E-state index contributed by atoms with van der Waals surface area (Å²) in [6.45, 7) is 0. The molecule has 0 saturated heterocycles. The van der Waals surface area contributed by atoms with Gasteiger partial charge in [0.25, 0.3) is 0 Å². The van der Waals surface area contributed by atoms with E-state index in [1.807, 2.05) is 24.3 Å². The molecule has 0 aliphatic rings. The van der Waals surface area contributed by atoms with Crippen molar-refractivity contribution < 1.29 is 4.70 Å². The van der Waals surface area contributed by atoms with Crippen molar-refractivity contribution in [2.75, 3.05) is 0 Å². The molecule has 1 aromatic carbocycles. The van der Waals surface area contributed by atoms with Crippen LogP contribution in [0.2, 0.25) is 0 Å². The maximum absolute atomic E-state index is 10.4. The van der Waals surface area contributed by atoms with Gasteiger partial charge in [-0.2, -0.15) is 0 Å². The van der Waals surface area contributed by atoms with E-state index in [0.717, 1.165) is 23.5 Å². The van der Waals surface area contributed by atoms with E-state index in [4.69, 9.17) is 0 Å². The van der Waals surface area contributed by atoms with Gasteiger partial charge >= 0.3 is 68.4 Å². The Morgan fingerprint density at radius 2 is 2.10 bits per heavy atom. The van der Waals surface area contributed by atoms with Gasteiger partial charge in [-0.15, -0.1) is 0 Å². The summed E-state index contributed by atoms with van der Waals surface area (Å²) in [5.41, 5.74) is 1.80. The Morgan fingerprint density at radius 3 is 2.60 bits per heavy atom. The van der Waals surface area contributed by atoms with Gasteiger partial charge in [0.1, 0.15) is 0 Å². The van der Waals surface area contributed by atoms with E-state index in [1.54, 1.807) is 0 Å². The molecule has 0 radical (unpaired) electrons. The average Bonchev–Trinajstić information content (AvgIpc) is 2.04. The van der Waals surface area contributed by atoms with Crippen LogP contribution in [0.25, 0.3) is 0 Å². The molecule has 0 aliphatic heterocycles. The molecule has 0 bridgehead atoms. The quantitative estimate of drug-likeness (QED) is 0.515. The summed E-state index contributed by atoms with van der Waals surface area (Å²) in [6.07, 6.45) is 0. The van der Waals surface area contributed by atoms with E-state index in [1.165, 1.54) is 0 Å². The van der Waals surface area contributed by atoms with Crippen molar-refractivity contribution in [1.82, 2.24) is 0 Å². The first-order valence-electron chi connectivity index (χ1n) is 2.97. The van der Waals surface area contributed by atoms with E-state index in [-0.39, 0.29) is 0 Å². The molecule has 0 N–H and O–H groups in total. The van der Waals surface area contributed by atoms with Gasteiger partial charge in [-0.25, -0.2) is 0 Å². The fraction of sp³-hybridized carbons (Fsp3) is 0.143. The van der Waals surface area contributed by atoms with Crippen LogP contribution < -0.4 is 5.46 Å². The van der Waals surface area contributed by atoms with Crippen LogP contribution in [-0.2, 0) is 10.0 Å². The SMILES string of the molecule is O=Bc1ccccc1CBr. The topological polar surface area (TPSA) is 17.1 Å². The number of rotatable bonds is 2. The summed E-state index contributed by atoms with van der Waals surface area (Å²) in [4.78, 5) is 0. The van der Waals surface area contributed by atoms with Crippen LogP contribution in [0.3, 0.4) is 0 Å². The van der Waals surface area contributed by atoms with Crippen molar-refractivity contribution in [3.8, 4) is 0 Å². The van der Waals surface area contributed by atoms with Gasteiger partial charge in [-0.05, 0) is 0 Å². The molecule has 50 valence electrons. The van der Waals surface area contributed by atoms with Gasteiger partial charge in [0.15, 0.2) is 0 Å². The molecule has 0 amide bonds. The third kappa shape index (κ3) is 1.54. The Morgan fingerprint density at radius 1 is 1.40 bits per heavy atom. The first-order valence-corrected chi connectivity index (χ1v) is 4.09. The molecule has 1 nitrogen and oxygen atoms in total. The van der Waals surface area contributed by atoms with E-state index >= 15 is 0 Å². The van der Waals surface area contributed by atoms with Crippen LogP contribution in [0, 0.1) is 0 Å². The number of halogens is 1. The van der Waals surface area contributed by atoms with E-state index in [0.29, 0.717) is 0 Å². The van der Waals surface area contributed by atoms with E-state index in [2.05, 4.69) is 15.9 Å². The summed E-state index contributed by atoms with van der Waals surface area (Å²) < 4.78 is 10.4. The number of alkyl halides is 1. The summed E-state index contributed by atoms with van der Waals surface area (Å²) >= 11 is 3.29. The van der Waals surface area contributed by atoms with Crippen LogP contribution >= 0.6 is 15.9 Å². The third-order valence-corrected chi connectivity index (χ3v) is 1.93. The second-order valence-corrected chi connectivity index (χ2v) is 2.51. The second kappa shape index (κ2) is 3.66. The predicted molar refractivity (Wildman–Crippen MR) is 45.1 cm³/mol. The normalized spacial score (nSPS) is 8.90. The van der Waals surface area contributed by atoms with Crippen LogP contribution in [0.15, 0.2) is 24.3 Å². The molecule has 0 heterocycles. The van der Waals surface area contributed by atoms with Gasteiger partial charge in [-0.3, -0.25) is 0 Å². The Balaban J connectivity index is 3.08. The van der Waals surface area contributed by atoms with Gasteiger partial charge in [0.05, 0.1) is 0 Å². The molecular formula is C7H6BBrO. The molecule has 0 fully saturated rings. The zero-order valence-electron chi connectivity index (χ0n) is 5.38. The van der Waals surface area contributed by atoms with E-state index in [9.17, 15) is 4.70 Å². The fourth-order valence-electron chi connectivity index (χ4n) is 0.771. The molecular weight excluding hydrogens is 191 g/mol. The molecule has 0 unspecified atom stereocenters. The van der Waals surface area contributed by atoms with Gasteiger partial charge < -0.3 is 0 Å². The van der Waals surface area contributed by atoms with Gasteiger partial charge in [0.2, 0.25) is 0 Å². The molecule has 1 rings (SSSR count). The molecule has 3 heteroatoms. The van der Waals surface area contributed by atoms with Crippen LogP contribution in [0.5, 0.6) is 0 Å². The van der Waals surface area contributed by atoms with Gasteiger partial charge in [0, 0.05) is 0 Å². The average molecular weight is 197 g/mol. The number of hydrogen-bond donors (Lipinski definition) is 0. The standard InChI is InChI=1S/C7H6BBrO/c9-5-6-3-1-2-4-7(6)8-10/h1-4H,5H2. The summed E-state index contributed by atoms with van der Waals surface area (Å²) in [5, 5.41) is 0.738. The molecule has 0 spiro atoms. The van der Waals surface area contributed by atoms with Gasteiger partial charge in [-0.1, -0.05) is 0 Å². The van der Waals surface area contributed by atoms with Crippen LogP contribution in [0.4, 0.5) is 0 Å². The van der Waals surface area contributed by atoms with Crippen molar-refractivity contribution >= 4 is 28.5 Å². The molecule has 0 aromatic heterocycles.